The number of nitrogens with two attached hydrogens (primary N) is 1. The summed E-state index contributed by atoms with van der Waals surface area (Å²) in [5.74, 6) is 0.538. The molecule has 1 aromatic heterocycles. The lowest BCUT2D eigenvalue weighted by Crippen LogP contribution is -2.14. The van der Waals surface area contributed by atoms with E-state index in [4.69, 9.17) is 5.73 Å². The zero-order valence-corrected chi connectivity index (χ0v) is 14.7. The highest BCUT2D eigenvalue weighted by Crippen LogP contribution is 2.30. The minimum atomic E-state index is -0.410. The first-order chi connectivity index (χ1) is 12.0. The molecule has 6 nitrogen and oxygen atoms in total. The number of aromatic hydroxyl groups is 1. The van der Waals surface area contributed by atoms with Crippen LogP contribution < -0.4 is 5.73 Å². The summed E-state index contributed by atoms with van der Waals surface area (Å²) in [6.07, 6.45) is 0. The summed E-state index contributed by atoms with van der Waals surface area (Å²) in [6, 6.07) is 12.9. The van der Waals surface area contributed by atoms with Gasteiger partial charge in [0.15, 0.2) is 11.0 Å². The number of rotatable bonds is 5. The Hall–Kier alpha value is -2.80. The number of hydrogen-bond acceptors (Lipinski definition) is 5. The van der Waals surface area contributed by atoms with Gasteiger partial charge < -0.3 is 10.8 Å². The van der Waals surface area contributed by atoms with E-state index in [1.807, 2.05) is 30.5 Å². The van der Waals surface area contributed by atoms with Crippen LogP contribution in [0.5, 0.6) is 5.75 Å². The standard InChI is InChI=1S/C18H18N4O2S/c1-11-3-4-12(2)15(9-11)22-17(13-5-7-14(23)8-6-13)20-21-18(22)25-10-16(19)24/h3-9,23H,10H2,1-2H3,(H2,19,24). The monoisotopic (exact) mass is 354 g/mol. The predicted molar refractivity (Wildman–Crippen MR) is 97.9 cm³/mol. The second kappa shape index (κ2) is 6.98. The Balaban J connectivity index is 2.17. The van der Waals surface area contributed by atoms with E-state index in [0.717, 1.165) is 22.4 Å². The minimum absolute atomic E-state index is 0.124. The largest absolute Gasteiger partial charge is 0.508 e. The lowest BCUT2D eigenvalue weighted by Gasteiger charge is -2.13. The van der Waals surface area contributed by atoms with E-state index in [2.05, 4.69) is 16.3 Å². The molecule has 0 atom stereocenters. The molecule has 0 aliphatic heterocycles. The van der Waals surface area contributed by atoms with Crippen LogP contribution in [0.4, 0.5) is 0 Å². The van der Waals surface area contributed by atoms with E-state index < -0.39 is 5.91 Å². The van der Waals surface area contributed by atoms with Gasteiger partial charge in [-0.05, 0) is 55.3 Å². The molecule has 0 radical (unpaired) electrons. The van der Waals surface area contributed by atoms with Crippen molar-refractivity contribution in [1.29, 1.82) is 0 Å². The van der Waals surface area contributed by atoms with E-state index >= 15 is 0 Å². The summed E-state index contributed by atoms with van der Waals surface area (Å²) in [6.45, 7) is 4.03. The van der Waals surface area contributed by atoms with Crippen LogP contribution in [0.15, 0.2) is 47.6 Å². The number of thioether (sulfide) groups is 1. The Morgan fingerprint density at radius 3 is 2.56 bits per heavy atom. The van der Waals surface area contributed by atoms with Crippen molar-refractivity contribution < 1.29 is 9.90 Å². The SMILES string of the molecule is Cc1ccc(C)c(-n2c(SCC(N)=O)nnc2-c2ccc(O)cc2)c1. The molecule has 0 spiro atoms. The molecule has 3 N–H and O–H groups in total. The third-order valence-corrected chi connectivity index (χ3v) is 4.66. The maximum atomic E-state index is 11.2. The number of amides is 1. The zero-order chi connectivity index (χ0) is 18.0. The van der Waals surface area contributed by atoms with Gasteiger partial charge >= 0.3 is 0 Å². The average Bonchev–Trinajstić information content (AvgIpc) is 2.99. The number of carbonyl (C=O) groups excluding carboxylic acids is 1. The van der Waals surface area contributed by atoms with Crippen molar-refractivity contribution in [3.63, 3.8) is 0 Å². The number of primary amides is 1. The van der Waals surface area contributed by atoms with Crippen LogP contribution in [0.2, 0.25) is 0 Å². The number of nitrogens with zero attached hydrogens (tertiary/aromatic N) is 3. The maximum Gasteiger partial charge on any atom is 0.227 e. The Morgan fingerprint density at radius 1 is 1.16 bits per heavy atom. The van der Waals surface area contributed by atoms with Crippen molar-refractivity contribution in [2.45, 2.75) is 19.0 Å². The van der Waals surface area contributed by atoms with Gasteiger partial charge in [-0.1, -0.05) is 23.9 Å². The van der Waals surface area contributed by atoms with Crippen LogP contribution in [-0.2, 0) is 4.79 Å². The molecule has 25 heavy (non-hydrogen) atoms. The molecule has 0 fully saturated rings. The molecule has 2 aromatic carbocycles. The second-order valence-electron chi connectivity index (χ2n) is 5.73. The fraction of sp³-hybridized carbons (Fsp3) is 0.167. The van der Waals surface area contributed by atoms with Gasteiger partial charge in [0, 0.05) is 5.56 Å². The first kappa shape index (κ1) is 17.0. The van der Waals surface area contributed by atoms with E-state index in [-0.39, 0.29) is 11.5 Å². The van der Waals surface area contributed by atoms with Crippen LogP contribution in [0.1, 0.15) is 11.1 Å². The Labute approximate surface area is 149 Å². The summed E-state index contributed by atoms with van der Waals surface area (Å²) in [5.41, 5.74) is 9.20. The third kappa shape index (κ3) is 3.66. The molecule has 7 heteroatoms. The molecular formula is C18H18N4O2S. The van der Waals surface area contributed by atoms with Crippen molar-refractivity contribution in [3.8, 4) is 22.8 Å². The van der Waals surface area contributed by atoms with Crippen LogP contribution in [0.25, 0.3) is 17.1 Å². The second-order valence-corrected chi connectivity index (χ2v) is 6.68. The smallest absolute Gasteiger partial charge is 0.227 e. The Kier molecular flexibility index (Phi) is 4.76. The first-order valence-corrected chi connectivity index (χ1v) is 8.68. The highest BCUT2D eigenvalue weighted by molar-refractivity contribution is 7.99. The quantitative estimate of drug-likeness (QED) is 0.687. The molecule has 0 saturated heterocycles. The number of carbonyl (C=O) groups is 1. The van der Waals surface area contributed by atoms with Crippen molar-refractivity contribution in [2.24, 2.45) is 5.73 Å². The van der Waals surface area contributed by atoms with Gasteiger partial charge in [-0.25, -0.2) is 0 Å². The summed E-state index contributed by atoms with van der Waals surface area (Å²) in [4.78, 5) is 11.2. The number of aryl methyl sites for hydroxylation is 2. The molecule has 1 heterocycles. The van der Waals surface area contributed by atoms with Crippen molar-refractivity contribution in [1.82, 2.24) is 14.8 Å². The summed E-state index contributed by atoms with van der Waals surface area (Å²) < 4.78 is 1.92. The topological polar surface area (TPSA) is 94.0 Å². The highest BCUT2D eigenvalue weighted by atomic mass is 32.2. The fourth-order valence-electron chi connectivity index (χ4n) is 2.47. The third-order valence-electron chi connectivity index (χ3n) is 3.71. The van der Waals surface area contributed by atoms with Crippen LogP contribution >= 0.6 is 11.8 Å². The molecule has 0 saturated carbocycles. The lowest BCUT2D eigenvalue weighted by atomic mass is 10.1. The molecule has 0 aliphatic rings. The molecule has 128 valence electrons. The predicted octanol–water partition coefficient (Wildman–Crippen LogP) is 2.83. The van der Waals surface area contributed by atoms with E-state index in [1.54, 1.807) is 24.3 Å². The van der Waals surface area contributed by atoms with Gasteiger partial charge in [0.1, 0.15) is 5.75 Å². The van der Waals surface area contributed by atoms with Gasteiger partial charge in [-0.2, -0.15) is 0 Å². The Morgan fingerprint density at radius 2 is 1.88 bits per heavy atom. The van der Waals surface area contributed by atoms with E-state index in [1.165, 1.54) is 11.8 Å². The zero-order valence-electron chi connectivity index (χ0n) is 13.9. The number of benzene rings is 2. The normalized spacial score (nSPS) is 10.8. The fourth-order valence-corrected chi connectivity index (χ4v) is 3.16. The molecule has 1 amide bonds. The van der Waals surface area contributed by atoms with Crippen LogP contribution in [-0.4, -0.2) is 31.5 Å². The molecule has 0 bridgehead atoms. The molecule has 3 aromatic rings. The van der Waals surface area contributed by atoms with Crippen molar-refractivity contribution in [2.75, 3.05) is 5.75 Å². The van der Waals surface area contributed by atoms with Crippen LogP contribution in [0, 0.1) is 13.8 Å². The Bertz CT molecular complexity index is 919. The summed E-state index contributed by atoms with van der Waals surface area (Å²) in [5, 5.41) is 18.7. The number of phenolic OH excluding ortho intramolecular Hbond substituents is 1. The lowest BCUT2D eigenvalue weighted by molar-refractivity contribution is -0.115. The highest BCUT2D eigenvalue weighted by Gasteiger charge is 2.18. The van der Waals surface area contributed by atoms with Gasteiger partial charge in [0.05, 0.1) is 11.4 Å². The minimum Gasteiger partial charge on any atom is -0.508 e. The van der Waals surface area contributed by atoms with Crippen LogP contribution in [0.3, 0.4) is 0 Å². The molecular weight excluding hydrogens is 336 g/mol. The molecule has 3 rings (SSSR count). The van der Waals surface area contributed by atoms with Gasteiger partial charge in [0.25, 0.3) is 0 Å². The average molecular weight is 354 g/mol. The van der Waals surface area contributed by atoms with E-state index in [0.29, 0.717) is 11.0 Å². The number of hydrogen-bond donors (Lipinski definition) is 2. The van der Waals surface area contributed by atoms with Crippen molar-refractivity contribution >= 4 is 17.7 Å². The van der Waals surface area contributed by atoms with Crippen molar-refractivity contribution in [3.05, 3.63) is 53.6 Å². The summed E-state index contributed by atoms with van der Waals surface area (Å²) in [7, 11) is 0. The van der Waals surface area contributed by atoms with Gasteiger partial charge in [-0.3, -0.25) is 9.36 Å². The number of phenols is 1. The van der Waals surface area contributed by atoms with E-state index in [9.17, 15) is 9.90 Å². The van der Waals surface area contributed by atoms with Gasteiger partial charge in [0.2, 0.25) is 5.91 Å². The maximum absolute atomic E-state index is 11.2. The number of aromatic nitrogens is 3. The molecule has 0 unspecified atom stereocenters. The first-order valence-electron chi connectivity index (χ1n) is 7.69. The van der Waals surface area contributed by atoms with Gasteiger partial charge in [-0.15, -0.1) is 10.2 Å². The summed E-state index contributed by atoms with van der Waals surface area (Å²) >= 11 is 1.25. The molecule has 0 aliphatic carbocycles.